The van der Waals surface area contributed by atoms with Crippen LogP contribution in [0.25, 0.3) is 0 Å². The number of aryl methyl sites for hydroxylation is 1. The van der Waals surface area contributed by atoms with Crippen molar-refractivity contribution in [2.24, 2.45) is 0 Å². The van der Waals surface area contributed by atoms with Gasteiger partial charge in [-0.15, -0.1) is 0 Å². The third-order valence-electron chi connectivity index (χ3n) is 4.01. The number of nitrogens with zero attached hydrogens (tertiary/aromatic N) is 2. The average Bonchev–Trinajstić information content (AvgIpc) is 3.13. The second-order valence-electron chi connectivity index (χ2n) is 5.45. The predicted octanol–water partition coefficient (Wildman–Crippen LogP) is 3.05. The Balaban J connectivity index is 1.77. The second-order valence-corrected chi connectivity index (χ2v) is 7.03. The van der Waals surface area contributed by atoms with E-state index in [0.717, 1.165) is 30.7 Å². The van der Waals surface area contributed by atoms with Crippen LogP contribution in [0, 0.1) is 0 Å². The van der Waals surface area contributed by atoms with E-state index in [9.17, 15) is 4.79 Å². The lowest BCUT2D eigenvalue weighted by atomic mass is 10.2. The summed E-state index contributed by atoms with van der Waals surface area (Å²) in [6.45, 7) is 4.62. The molecular formula is C15H25N3O2S. The number of rotatable bonds is 6. The standard InChI is InChI=1S/C15H25N3O2S/c1-4-11-8-13(20-17-11)10-16-15(19)18(3)12-6-7-14(9-12)21-5-2/h8,12,14H,4-7,9-10H2,1-3H3,(H,16,19). The number of carbonyl (C=O) groups excluding carboxylic acids is 1. The van der Waals surface area contributed by atoms with Crippen molar-refractivity contribution in [2.75, 3.05) is 12.8 Å². The molecule has 1 aromatic heterocycles. The van der Waals surface area contributed by atoms with Crippen molar-refractivity contribution in [1.82, 2.24) is 15.4 Å². The van der Waals surface area contributed by atoms with Gasteiger partial charge >= 0.3 is 6.03 Å². The molecule has 6 heteroatoms. The van der Waals surface area contributed by atoms with E-state index in [1.165, 1.54) is 6.42 Å². The molecule has 0 aliphatic heterocycles. The number of amides is 2. The van der Waals surface area contributed by atoms with Gasteiger partial charge in [-0.1, -0.05) is 19.0 Å². The number of nitrogens with one attached hydrogen (secondary N) is 1. The van der Waals surface area contributed by atoms with E-state index in [-0.39, 0.29) is 6.03 Å². The molecular weight excluding hydrogens is 286 g/mol. The normalized spacial score (nSPS) is 21.5. The van der Waals surface area contributed by atoms with Crippen molar-refractivity contribution >= 4 is 17.8 Å². The summed E-state index contributed by atoms with van der Waals surface area (Å²) in [7, 11) is 1.89. The van der Waals surface area contributed by atoms with Crippen molar-refractivity contribution in [2.45, 2.75) is 57.4 Å². The van der Waals surface area contributed by atoms with Crippen LogP contribution in [0.1, 0.15) is 44.6 Å². The molecule has 118 valence electrons. The minimum atomic E-state index is -0.0309. The summed E-state index contributed by atoms with van der Waals surface area (Å²) >= 11 is 2.01. The van der Waals surface area contributed by atoms with E-state index in [1.54, 1.807) is 0 Å². The molecule has 1 N–H and O–H groups in total. The summed E-state index contributed by atoms with van der Waals surface area (Å²) < 4.78 is 5.17. The van der Waals surface area contributed by atoms with Crippen molar-refractivity contribution in [1.29, 1.82) is 0 Å². The van der Waals surface area contributed by atoms with Crippen LogP contribution in [0.2, 0.25) is 0 Å². The van der Waals surface area contributed by atoms with Gasteiger partial charge in [0.25, 0.3) is 0 Å². The first-order valence-corrected chi connectivity index (χ1v) is 8.75. The molecule has 2 unspecified atom stereocenters. The summed E-state index contributed by atoms with van der Waals surface area (Å²) in [5.41, 5.74) is 0.919. The van der Waals surface area contributed by atoms with Gasteiger partial charge in [0.2, 0.25) is 0 Å². The van der Waals surface area contributed by atoms with Crippen LogP contribution in [0.5, 0.6) is 0 Å². The van der Waals surface area contributed by atoms with E-state index in [0.29, 0.717) is 23.6 Å². The quantitative estimate of drug-likeness (QED) is 0.877. The zero-order valence-corrected chi connectivity index (χ0v) is 13.9. The van der Waals surface area contributed by atoms with E-state index in [2.05, 4.69) is 17.4 Å². The van der Waals surface area contributed by atoms with E-state index >= 15 is 0 Å². The molecule has 21 heavy (non-hydrogen) atoms. The van der Waals surface area contributed by atoms with Gasteiger partial charge in [-0.05, 0) is 31.4 Å². The Labute approximate surface area is 130 Å². The highest BCUT2D eigenvalue weighted by Crippen LogP contribution is 2.32. The van der Waals surface area contributed by atoms with Crippen LogP contribution < -0.4 is 5.32 Å². The highest BCUT2D eigenvalue weighted by molar-refractivity contribution is 7.99. The molecule has 1 heterocycles. The molecule has 1 aliphatic rings. The van der Waals surface area contributed by atoms with E-state index in [4.69, 9.17) is 4.52 Å². The molecule has 0 aromatic carbocycles. The maximum absolute atomic E-state index is 12.2. The molecule has 1 aliphatic carbocycles. The Hall–Kier alpha value is -1.17. The Bertz CT molecular complexity index is 464. The van der Waals surface area contributed by atoms with Crippen LogP contribution in [0.15, 0.2) is 10.6 Å². The fourth-order valence-electron chi connectivity index (χ4n) is 2.72. The first kappa shape index (κ1) is 16.2. The molecule has 1 fully saturated rings. The molecule has 2 rings (SSSR count). The third kappa shape index (κ3) is 4.40. The Kier molecular flexibility index (Phi) is 5.96. The van der Waals surface area contributed by atoms with Gasteiger partial charge in [-0.25, -0.2) is 4.79 Å². The molecule has 1 aromatic rings. The van der Waals surface area contributed by atoms with Crippen LogP contribution in [-0.2, 0) is 13.0 Å². The molecule has 0 spiro atoms. The number of hydrogen-bond donors (Lipinski definition) is 1. The topological polar surface area (TPSA) is 58.4 Å². The van der Waals surface area contributed by atoms with Gasteiger partial charge in [0.15, 0.2) is 5.76 Å². The predicted molar refractivity (Wildman–Crippen MR) is 85.4 cm³/mol. The monoisotopic (exact) mass is 311 g/mol. The Morgan fingerprint density at radius 3 is 3.00 bits per heavy atom. The third-order valence-corrected chi connectivity index (χ3v) is 5.24. The summed E-state index contributed by atoms with van der Waals surface area (Å²) in [6, 6.07) is 2.22. The maximum atomic E-state index is 12.2. The van der Waals surface area contributed by atoms with E-state index < -0.39 is 0 Å². The molecule has 5 nitrogen and oxygen atoms in total. The van der Waals surface area contributed by atoms with Gasteiger partial charge in [0, 0.05) is 24.4 Å². The van der Waals surface area contributed by atoms with Gasteiger partial charge < -0.3 is 14.7 Å². The molecule has 2 amide bonds. The molecule has 2 atom stereocenters. The van der Waals surface area contributed by atoms with Gasteiger partial charge in [-0.2, -0.15) is 11.8 Å². The fourth-order valence-corrected chi connectivity index (χ4v) is 3.85. The smallest absolute Gasteiger partial charge is 0.317 e. The Morgan fingerprint density at radius 2 is 2.33 bits per heavy atom. The Morgan fingerprint density at radius 1 is 1.52 bits per heavy atom. The number of hydrogen-bond acceptors (Lipinski definition) is 4. The minimum absolute atomic E-state index is 0.0309. The molecule has 1 saturated carbocycles. The zero-order chi connectivity index (χ0) is 15.2. The first-order chi connectivity index (χ1) is 10.1. The zero-order valence-electron chi connectivity index (χ0n) is 13.1. The van der Waals surface area contributed by atoms with Gasteiger partial charge in [0.05, 0.1) is 12.2 Å². The SMILES string of the molecule is CCSC1CCC(N(C)C(=O)NCc2cc(CC)no2)C1. The summed E-state index contributed by atoms with van der Waals surface area (Å²) in [5, 5.41) is 7.53. The van der Waals surface area contributed by atoms with Crippen molar-refractivity contribution < 1.29 is 9.32 Å². The highest BCUT2D eigenvalue weighted by atomic mass is 32.2. The van der Waals surface area contributed by atoms with Crippen LogP contribution >= 0.6 is 11.8 Å². The molecule has 0 saturated heterocycles. The van der Waals surface area contributed by atoms with Crippen molar-refractivity contribution in [3.63, 3.8) is 0 Å². The van der Waals surface area contributed by atoms with Crippen LogP contribution in [0.3, 0.4) is 0 Å². The molecule has 0 bridgehead atoms. The lowest BCUT2D eigenvalue weighted by Gasteiger charge is -2.24. The average molecular weight is 311 g/mol. The first-order valence-electron chi connectivity index (χ1n) is 7.70. The summed E-state index contributed by atoms with van der Waals surface area (Å²) in [5.74, 6) is 1.86. The van der Waals surface area contributed by atoms with Crippen LogP contribution in [-0.4, -0.2) is 40.2 Å². The maximum Gasteiger partial charge on any atom is 0.317 e. The molecule has 0 radical (unpaired) electrons. The van der Waals surface area contributed by atoms with Gasteiger partial charge in [-0.3, -0.25) is 0 Å². The lowest BCUT2D eigenvalue weighted by molar-refractivity contribution is 0.189. The lowest BCUT2D eigenvalue weighted by Crippen LogP contribution is -2.42. The van der Waals surface area contributed by atoms with E-state index in [1.807, 2.05) is 36.7 Å². The fraction of sp³-hybridized carbons (Fsp3) is 0.733. The number of urea groups is 1. The van der Waals surface area contributed by atoms with Crippen molar-refractivity contribution in [3.8, 4) is 0 Å². The number of thioether (sulfide) groups is 1. The summed E-state index contributed by atoms with van der Waals surface area (Å²) in [6.07, 6.45) is 4.26. The van der Waals surface area contributed by atoms with Crippen molar-refractivity contribution in [3.05, 3.63) is 17.5 Å². The highest BCUT2D eigenvalue weighted by Gasteiger charge is 2.29. The summed E-state index contributed by atoms with van der Waals surface area (Å²) in [4.78, 5) is 14.0. The number of aromatic nitrogens is 1. The number of carbonyl (C=O) groups is 1. The van der Waals surface area contributed by atoms with Gasteiger partial charge in [0.1, 0.15) is 0 Å². The minimum Gasteiger partial charge on any atom is -0.359 e. The van der Waals surface area contributed by atoms with Crippen LogP contribution in [0.4, 0.5) is 4.79 Å². The largest absolute Gasteiger partial charge is 0.359 e. The second kappa shape index (κ2) is 7.73.